The standard InChI is InChI=1S/C18H20N2O2/c1-15(12-13-16-8-4-2-5-9-16)19-20-18(21)14-22-17-10-6-3-7-11-17/h2-11H,12-14H2,1H3,(H,20,21)/b19-15-. The second-order valence-electron chi connectivity index (χ2n) is 4.97. The third kappa shape index (κ3) is 5.79. The van der Waals surface area contributed by atoms with Gasteiger partial charge in [0, 0.05) is 5.71 Å². The van der Waals surface area contributed by atoms with E-state index in [4.69, 9.17) is 4.74 Å². The summed E-state index contributed by atoms with van der Waals surface area (Å²) in [6.07, 6.45) is 1.72. The molecule has 0 radical (unpaired) electrons. The van der Waals surface area contributed by atoms with Gasteiger partial charge in [-0.1, -0.05) is 48.5 Å². The van der Waals surface area contributed by atoms with E-state index >= 15 is 0 Å². The van der Waals surface area contributed by atoms with E-state index in [1.165, 1.54) is 5.56 Å². The molecule has 0 unspecified atom stereocenters. The van der Waals surface area contributed by atoms with Gasteiger partial charge in [-0.2, -0.15) is 5.10 Å². The second-order valence-corrected chi connectivity index (χ2v) is 4.97. The van der Waals surface area contributed by atoms with Crippen molar-refractivity contribution in [2.75, 3.05) is 6.61 Å². The highest BCUT2D eigenvalue weighted by molar-refractivity contribution is 5.84. The molecule has 1 amide bonds. The van der Waals surface area contributed by atoms with Crippen molar-refractivity contribution in [2.45, 2.75) is 19.8 Å². The third-order valence-corrected chi connectivity index (χ3v) is 3.10. The van der Waals surface area contributed by atoms with Gasteiger partial charge in [-0.3, -0.25) is 4.79 Å². The minimum absolute atomic E-state index is 0.0422. The molecule has 0 aromatic heterocycles. The van der Waals surface area contributed by atoms with E-state index in [9.17, 15) is 4.79 Å². The highest BCUT2D eigenvalue weighted by Crippen LogP contribution is 2.07. The molecular weight excluding hydrogens is 276 g/mol. The molecule has 22 heavy (non-hydrogen) atoms. The summed E-state index contributed by atoms with van der Waals surface area (Å²) in [4.78, 5) is 11.7. The first-order chi connectivity index (χ1) is 10.7. The number of hydrogen-bond donors (Lipinski definition) is 1. The number of carbonyl (C=O) groups excluding carboxylic acids is 1. The van der Waals surface area contributed by atoms with Crippen LogP contribution in [-0.2, 0) is 11.2 Å². The number of carbonyl (C=O) groups is 1. The fourth-order valence-corrected chi connectivity index (χ4v) is 1.88. The number of nitrogens with zero attached hydrogens (tertiary/aromatic N) is 1. The van der Waals surface area contributed by atoms with Gasteiger partial charge in [0.15, 0.2) is 6.61 Å². The molecule has 2 aromatic carbocycles. The number of hydrazone groups is 1. The summed E-state index contributed by atoms with van der Waals surface area (Å²) in [5.74, 6) is 0.408. The zero-order valence-electron chi connectivity index (χ0n) is 12.7. The molecule has 4 heteroatoms. The Morgan fingerprint density at radius 1 is 1.05 bits per heavy atom. The Kier molecular flexibility index (Phi) is 6.18. The first kappa shape index (κ1) is 15.8. The lowest BCUT2D eigenvalue weighted by Crippen LogP contribution is -2.25. The van der Waals surface area contributed by atoms with Crippen molar-refractivity contribution >= 4 is 11.6 Å². The van der Waals surface area contributed by atoms with Crippen molar-refractivity contribution in [1.82, 2.24) is 5.43 Å². The van der Waals surface area contributed by atoms with Gasteiger partial charge >= 0.3 is 0 Å². The van der Waals surface area contributed by atoms with Crippen LogP contribution in [0.4, 0.5) is 0 Å². The van der Waals surface area contributed by atoms with Crippen LogP contribution in [0.25, 0.3) is 0 Å². The highest BCUT2D eigenvalue weighted by atomic mass is 16.5. The molecular formula is C18H20N2O2. The van der Waals surface area contributed by atoms with Gasteiger partial charge in [0.2, 0.25) is 0 Å². The summed E-state index contributed by atoms with van der Waals surface area (Å²) in [5.41, 5.74) is 4.66. The Labute approximate surface area is 130 Å². The number of para-hydroxylation sites is 1. The van der Waals surface area contributed by atoms with Crippen molar-refractivity contribution < 1.29 is 9.53 Å². The van der Waals surface area contributed by atoms with Crippen LogP contribution in [0.2, 0.25) is 0 Å². The Balaban J connectivity index is 1.70. The van der Waals surface area contributed by atoms with Crippen LogP contribution in [0.15, 0.2) is 65.8 Å². The normalized spacial score (nSPS) is 11.0. The Hall–Kier alpha value is -2.62. The van der Waals surface area contributed by atoms with Crippen molar-refractivity contribution in [3.63, 3.8) is 0 Å². The number of ether oxygens (including phenoxy) is 1. The minimum Gasteiger partial charge on any atom is -0.484 e. The quantitative estimate of drug-likeness (QED) is 0.630. The average molecular weight is 296 g/mol. The maximum absolute atomic E-state index is 11.7. The molecule has 2 rings (SSSR count). The lowest BCUT2D eigenvalue weighted by molar-refractivity contribution is -0.123. The molecule has 0 aliphatic rings. The number of hydrogen-bond acceptors (Lipinski definition) is 3. The van der Waals surface area contributed by atoms with Gasteiger partial charge in [0.05, 0.1) is 0 Å². The summed E-state index contributed by atoms with van der Waals surface area (Å²) in [5, 5.41) is 4.09. The van der Waals surface area contributed by atoms with Gasteiger partial charge in [-0.05, 0) is 37.5 Å². The maximum Gasteiger partial charge on any atom is 0.277 e. The summed E-state index contributed by atoms with van der Waals surface area (Å²) in [6.45, 7) is 1.86. The summed E-state index contributed by atoms with van der Waals surface area (Å²) >= 11 is 0. The molecule has 0 fully saturated rings. The van der Waals surface area contributed by atoms with Gasteiger partial charge < -0.3 is 4.74 Å². The van der Waals surface area contributed by atoms with Gasteiger partial charge in [0.1, 0.15) is 5.75 Å². The van der Waals surface area contributed by atoms with Gasteiger partial charge in [0.25, 0.3) is 5.91 Å². The molecule has 0 bridgehead atoms. The molecule has 2 aromatic rings. The molecule has 0 aliphatic carbocycles. The number of amides is 1. The SMILES string of the molecule is C/C(CCc1ccccc1)=N/NC(=O)COc1ccccc1. The van der Waals surface area contributed by atoms with Crippen LogP contribution in [0.5, 0.6) is 5.75 Å². The maximum atomic E-state index is 11.7. The highest BCUT2D eigenvalue weighted by Gasteiger charge is 2.02. The monoisotopic (exact) mass is 296 g/mol. The first-order valence-electron chi connectivity index (χ1n) is 7.28. The van der Waals surface area contributed by atoms with Crippen LogP contribution < -0.4 is 10.2 Å². The van der Waals surface area contributed by atoms with Crippen LogP contribution in [0, 0.1) is 0 Å². The van der Waals surface area contributed by atoms with Crippen molar-refractivity contribution in [2.24, 2.45) is 5.10 Å². The lowest BCUT2D eigenvalue weighted by atomic mass is 10.1. The van der Waals surface area contributed by atoms with Crippen molar-refractivity contribution in [3.8, 4) is 5.75 Å². The molecule has 0 aliphatic heterocycles. The fourth-order valence-electron chi connectivity index (χ4n) is 1.88. The molecule has 0 saturated heterocycles. The molecule has 1 N–H and O–H groups in total. The first-order valence-corrected chi connectivity index (χ1v) is 7.28. The Morgan fingerprint density at radius 2 is 1.68 bits per heavy atom. The smallest absolute Gasteiger partial charge is 0.277 e. The van der Waals surface area contributed by atoms with E-state index < -0.39 is 0 Å². The number of aryl methyl sites for hydroxylation is 1. The number of rotatable bonds is 7. The number of nitrogens with one attached hydrogen (secondary N) is 1. The second kappa shape index (κ2) is 8.62. The van der Waals surface area contributed by atoms with Crippen LogP contribution in [0.1, 0.15) is 18.9 Å². The van der Waals surface area contributed by atoms with Crippen LogP contribution in [-0.4, -0.2) is 18.2 Å². The predicted octanol–water partition coefficient (Wildman–Crippen LogP) is 3.19. The van der Waals surface area contributed by atoms with E-state index in [0.29, 0.717) is 5.75 Å². The van der Waals surface area contributed by atoms with Crippen molar-refractivity contribution in [1.29, 1.82) is 0 Å². The summed E-state index contributed by atoms with van der Waals surface area (Å²) in [6, 6.07) is 19.4. The Morgan fingerprint density at radius 3 is 2.36 bits per heavy atom. The molecule has 0 heterocycles. The zero-order chi connectivity index (χ0) is 15.6. The minimum atomic E-state index is -0.261. The van der Waals surface area contributed by atoms with E-state index in [0.717, 1.165) is 18.6 Å². The fraction of sp³-hybridized carbons (Fsp3) is 0.222. The Bertz CT molecular complexity index is 609. The summed E-state index contributed by atoms with van der Waals surface area (Å²) in [7, 11) is 0. The largest absolute Gasteiger partial charge is 0.484 e. The topological polar surface area (TPSA) is 50.7 Å². The van der Waals surface area contributed by atoms with Crippen molar-refractivity contribution in [3.05, 3.63) is 66.2 Å². The van der Waals surface area contributed by atoms with E-state index in [1.54, 1.807) is 0 Å². The molecule has 0 spiro atoms. The van der Waals surface area contributed by atoms with E-state index in [-0.39, 0.29) is 12.5 Å². The van der Waals surface area contributed by atoms with Crippen LogP contribution >= 0.6 is 0 Å². The van der Waals surface area contributed by atoms with E-state index in [1.807, 2.05) is 55.5 Å². The third-order valence-electron chi connectivity index (χ3n) is 3.10. The predicted molar refractivity (Wildman–Crippen MR) is 88.0 cm³/mol. The van der Waals surface area contributed by atoms with Gasteiger partial charge in [-0.15, -0.1) is 0 Å². The zero-order valence-corrected chi connectivity index (χ0v) is 12.7. The lowest BCUT2D eigenvalue weighted by Gasteiger charge is -2.05. The summed E-state index contributed by atoms with van der Waals surface area (Å²) < 4.78 is 5.35. The number of benzene rings is 2. The molecule has 114 valence electrons. The van der Waals surface area contributed by atoms with Crippen LogP contribution in [0.3, 0.4) is 0 Å². The molecule has 0 saturated carbocycles. The molecule has 0 atom stereocenters. The van der Waals surface area contributed by atoms with E-state index in [2.05, 4.69) is 22.7 Å². The molecule has 4 nitrogen and oxygen atoms in total. The van der Waals surface area contributed by atoms with Gasteiger partial charge in [-0.25, -0.2) is 5.43 Å². The average Bonchev–Trinajstić information content (AvgIpc) is 2.58.